The molecule has 0 aromatic rings. The predicted molar refractivity (Wildman–Crippen MR) is 139 cm³/mol. The molecule has 3 nitrogen and oxygen atoms in total. The highest BCUT2D eigenvalue weighted by atomic mass is 16.4. The van der Waals surface area contributed by atoms with Gasteiger partial charge in [-0.15, -0.1) is 0 Å². The molecule has 3 heteroatoms. The summed E-state index contributed by atoms with van der Waals surface area (Å²) < 4.78 is 0. The lowest BCUT2D eigenvalue weighted by Crippen LogP contribution is -2.55. The molecule has 4 rings (SSSR count). The molecule has 192 valence electrons. The Kier molecular flexibility index (Phi) is 6.49. The summed E-state index contributed by atoms with van der Waals surface area (Å²) in [6.07, 6.45) is 9.98. The van der Waals surface area contributed by atoms with Crippen LogP contribution in [0.4, 0.5) is 0 Å². The van der Waals surface area contributed by atoms with Crippen LogP contribution in [0.3, 0.4) is 0 Å². The van der Waals surface area contributed by atoms with Gasteiger partial charge in [0.25, 0.3) is 0 Å². The summed E-state index contributed by atoms with van der Waals surface area (Å²) in [6, 6.07) is 0. The Bertz CT molecular complexity index is 881. The highest BCUT2D eigenvalue weighted by molar-refractivity contribution is 5.70. The van der Waals surface area contributed by atoms with Crippen molar-refractivity contribution in [3.63, 3.8) is 0 Å². The normalized spacial score (nSPS) is 42.1. The Morgan fingerprint density at radius 2 is 1.68 bits per heavy atom. The minimum atomic E-state index is -0.606. The largest absolute Gasteiger partial charge is 0.481 e. The zero-order chi connectivity index (χ0) is 25.3. The van der Waals surface area contributed by atoms with Gasteiger partial charge in [-0.05, 0) is 104 Å². The van der Waals surface area contributed by atoms with Gasteiger partial charge in [0.15, 0.2) is 0 Å². The number of fused-ring (bicyclic) bond motifs is 4. The molecule has 0 aliphatic heterocycles. The van der Waals surface area contributed by atoms with E-state index in [4.69, 9.17) is 0 Å². The van der Waals surface area contributed by atoms with Crippen molar-refractivity contribution in [2.75, 3.05) is 0 Å². The Labute approximate surface area is 208 Å². The summed E-state index contributed by atoms with van der Waals surface area (Å²) in [5.74, 6) is 0.293. The summed E-state index contributed by atoms with van der Waals surface area (Å²) >= 11 is 0. The van der Waals surface area contributed by atoms with E-state index in [1.54, 1.807) is 11.1 Å². The van der Waals surface area contributed by atoms with Gasteiger partial charge in [0.1, 0.15) is 0 Å². The van der Waals surface area contributed by atoms with Gasteiger partial charge in [-0.3, -0.25) is 4.79 Å². The number of carbonyl (C=O) groups is 1. The van der Waals surface area contributed by atoms with Crippen LogP contribution in [0.15, 0.2) is 23.3 Å². The minimum Gasteiger partial charge on any atom is -0.481 e. The standard InChI is InChI=1S/C31H50O3/c1-19(2)20(3)9-10-21(27(33)34)22-13-17-31(8)24-11-12-25-28(4,5)26(32)15-16-29(25,6)23(24)14-18-30(22,31)7/h19,21-22,25-26,32H,3,9-18H2,1-2,4-8H3,(H,33,34)/t21-,22-,25-,26+,29-,30+,31+/m0/s1. The van der Waals surface area contributed by atoms with Gasteiger partial charge in [0.2, 0.25) is 0 Å². The number of aliphatic carboxylic acids is 1. The number of aliphatic hydroxyl groups is 1. The van der Waals surface area contributed by atoms with Crippen LogP contribution < -0.4 is 0 Å². The molecule has 4 aliphatic carbocycles. The summed E-state index contributed by atoms with van der Waals surface area (Å²) in [5.41, 5.74) is 4.84. The molecule has 34 heavy (non-hydrogen) atoms. The van der Waals surface area contributed by atoms with E-state index in [0.717, 1.165) is 64.2 Å². The molecule has 0 amide bonds. The van der Waals surface area contributed by atoms with E-state index in [9.17, 15) is 15.0 Å². The predicted octanol–water partition coefficient (Wildman–Crippen LogP) is 7.79. The van der Waals surface area contributed by atoms with Crippen molar-refractivity contribution in [3.8, 4) is 0 Å². The van der Waals surface area contributed by atoms with E-state index in [1.165, 1.54) is 5.57 Å². The van der Waals surface area contributed by atoms with Gasteiger partial charge in [-0.1, -0.05) is 71.8 Å². The maximum Gasteiger partial charge on any atom is 0.306 e. The van der Waals surface area contributed by atoms with Gasteiger partial charge >= 0.3 is 5.97 Å². The second-order valence-electron chi connectivity index (χ2n) is 14.0. The lowest BCUT2D eigenvalue weighted by Gasteiger charge is -2.62. The lowest BCUT2D eigenvalue weighted by molar-refractivity contribution is -0.146. The maximum absolute atomic E-state index is 12.5. The average Bonchev–Trinajstić information content (AvgIpc) is 3.02. The number of hydrogen-bond donors (Lipinski definition) is 2. The fraction of sp³-hybridized carbons (Fsp3) is 0.839. The zero-order valence-electron chi connectivity index (χ0n) is 23.0. The molecule has 2 fully saturated rings. The SMILES string of the molecule is C=C(CC[C@H](C(=O)O)[C@@H]1CC[C@]2(C)C3=C(CC[C@]12C)[C@]1(C)CC[C@@H](O)C(C)(C)[C@@H]1CC3)C(C)C. The molecule has 0 radical (unpaired) electrons. The third-order valence-electron chi connectivity index (χ3n) is 12.2. The van der Waals surface area contributed by atoms with Crippen LogP contribution >= 0.6 is 0 Å². The van der Waals surface area contributed by atoms with Crippen LogP contribution in [0, 0.1) is 45.3 Å². The molecule has 0 aromatic heterocycles. The van der Waals surface area contributed by atoms with Crippen molar-refractivity contribution in [1.82, 2.24) is 0 Å². The highest BCUT2D eigenvalue weighted by Gasteiger charge is 2.64. The molecule has 0 bridgehead atoms. The van der Waals surface area contributed by atoms with Crippen molar-refractivity contribution >= 4 is 5.97 Å². The number of rotatable bonds is 6. The number of carboxylic acid groups (broad SMARTS) is 1. The molecule has 4 aliphatic rings. The van der Waals surface area contributed by atoms with Gasteiger partial charge in [0, 0.05) is 0 Å². The van der Waals surface area contributed by atoms with E-state index >= 15 is 0 Å². The topological polar surface area (TPSA) is 57.5 Å². The molecule has 0 saturated heterocycles. The van der Waals surface area contributed by atoms with Crippen LogP contribution in [0.2, 0.25) is 0 Å². The van der Waals surface area contributed by atoms with Crippen molar-refractivity contribution < 1.29 is 15.0 Å². The number of aliphatic hydroxyl groups excluding tert-OH is 1. The van der Waals surface area contributed by atoms with Crippen LogP contribution in [0.25, 0.3) is 0 Å². The van der Waals surface area contributed by atoms with Crippen molar-refractivity contribution in [3.05, 3.63) is 23.3 Å². The smallest absolute Gasteiger partial charge is 0.306 e. The van der Waals surface area contributed by atoms with Crippen molar-refractivity contribution in [2.45, 2.75) is 119 Å². The fourth-order valence-electron chi connectivity index (χ4n) is 9.49. The van der Waals surface area contributed by atoms with Crippen LogP contribution in [0.5, 0.6) is 0 Å². The maximum atomic E-state index is 12.5. The van der Waals surface area contributed by atoms with Crippen molar-refractivity contribution in [1.29, 1.82) is 0 Å². The quantitative estimate of drug-likeness (QED) is 0.389. The van der Waals surface area contributed by atoms with Crippen LogP contribution in [-0.2, 0) is 4.79 Å². The van der Waals surface area contributed by atoms with E-state index in [2.05, 4.69) is 55.0 Å². The van der Waals surface area contributed by atoms with E-state index in [0.29, 0.717) is 11.8 Å². The number of allylic oxidation sites excluding steroid dienone is 3. The van der Waals surface area contributed by atoms with E-state index in [1.807, 2.05) is 0 Å². The zero-order valence-corrected chi connectivity index (χ0v) is 23.0. The summed E-state index contributed by atoms with van der Waals surface area (Å²) in [7, 11) is 0. The second kappa shape index (κ2) is 8.49. The molecular formula is C31H50O3. The summed E-state index contributed by atoms with van der Waals surface area (Å²) in [5, 5.41) is 21.1. The highest BCUT2D eigenvalue weighted by Crippen LogP contribution is 2.72. The molecular weight excluding hydrogens is 420 g/mol. The minimum absolute atomic E-state index is 0.0426. The molecule has 0 aromatic carbocycles. The Morgan fingerprint density at radius 3 is 2.29 bits per heavy atom. The third kappa shape index (κ3) is 3.58. The summed E-state index contributed by atoms with van der Waals surface area (Å²) in [6.45, 7) is 20.5. The molecule has 0 spiro atoms. The van der Waals surface area contributed by atoms with E-state index < -0.39 is 5.97 Å². The molecule has 0 heterocycles. The first-order valence-electron chi connectivity index (χ1n) is 14.0. The van der Waals surface area contributed by atoms with Crippen molar-refractivity contribution in [2.24, 2.45) is 45.3 Å². The number of carboxylic acids is 1. The van der Waals surface area contributed by atoms with Crippen LogP contribution in [0.1, 0.15) is 113 Å². The second-order valence-corrected chi connectivity index (χ2v) is 14.0. The molecule has 7 atom stereocenters. The molecule has 2 N–H and O–H groups in total. The van der Waals surface area contributed by atoms with Gasteiger partial charge in [-0.25, -0.2) is 0 Å². The average molecular weight is 471 g/mol. The summed E-state index contributed by atoms with van der Waals surface area (Å²) in [4.78, 5) is 12.5. The first kappa shape index (κ1) is 26.0. The molecule has 0 unspecified atom stereocenters. The first-order valence-corrected chi connectivity index (χ1v) is 14.0. The Hall–Kier alpha value is -1.09. The Balaban J connectivity index is 1.67. The van der Waals surface area contributed by atoms with Crippen LogP contribution in [-0.4, -0.2) is 22.3 Å². The van der Waals surface area contributed by atoms with E-state index in [-0.39, 0.29) is 39.6 Å². The fourth-order valence-corrected chi connectivity index (χ4v) is 9.49. The third-order valence-corrected chi connectivity index (χ3v) is 12.2. The van der Waals surface area contributed by atoms with Gasteiger partial charge in [0.05, 0.1) is 12.0 Å². The number of hydrogen-bond acceptors (Lipinski definition) is 2. The van der Waals surface area contributed by atoms with Gasteiger partial charge < -0.3 is 10.2 Å². The first-order chi connectivity index (χ1) is 15.7. The Morgan fingerprint density at radius 1 is 1.00 bits per heavy atom. The molecule has 2 saturated carbocycles. The monoisotopic (exact) mass is 470 g/mol. The lowest BCUT2D eigenvalue weighted by atomic mass is 9.43. The van der Waals surface area contributed by atoms with Gasteiger partial charge in [-0.2, -0.15) is 0 Å².